The number of nitrogens with zero attached hydrogens (tertiary/aromatic N) is 2. The predicted octanol–water partition coefficient (Wildman–Crippen LogP) is 1.59. The zero-order valence-corrected chi connectivity index (χ0v) is 11.9. The fourth-order valence-corrected chi connectivity index (χ4v) is 3.22. The Hall–Kier alpha value is -0.610. The van der Waals surface area contributed by atoms with E-state index in [0.717, 1.165) is 32.7 Å². The van der Waals surface area contributed by atoms with Crippen LogP contribution in [-0.4, -0.2) is 60.1 Å². The van der Waals surface area contributed by atoms with Crippen molar-refractivity contribution >= 4 is 5.91 Å². The van der Waals surface area contributed by atoms with E-state index in [0.29, 0.717) is 12.0 Å². The van der Waals surface area contributed by atoms with Gasteiger partial charge in [0, 0.05) is 57.1 Å². The lowest BCUT2D eigenvalue weighted by Crippen LogP contribution is -2.73. The quantitative estimate of drug-likeness (QED) is 0.847. The van der Waals surface area contributed by atoms with Gasteiger partial charge < -0.3 is 14.9 Å². The molecule has 3 rings (SSSR count). The summed E-state index contributed by atoms with van der Waals surface area (Å²) < 4.78 is 0. The average Bonchev–Trinajstić information content (AvgIpc) is 3.03. The van der Waals surface area contributed by atoms with Crippen molar-refractivity contribution in [3.63, 3.8) is 0 Å². The first kappa shape index (κ1) is 16.4. The molecular weight excluding hydrogens is 240 g/mol. The molecule has 3 fully saturated rings. The Labute approximate surface area is 117 Å². The van der Waals surface area contributed by atoms with Gasteiger partial charge in [-0.1, -0.05) is 21.3 Å². The number of hydrogen-bond donors (Lipinski definition) is 1. The van der Waals surface area contributed by atoms with Gasteiger partial charge in [-0.3, -0.25) is 4.79 Å². The summed E-state index contributed by atoms with van der Waals surface area (Å²) in [5.41, 5.74) is 0.656. The predicted molar refractivity (Wildman–Crippen MR) is 78.0 cm³/mol. The standard InChI is InChI=1S/C12H20N2O2.C2H6.CH4/c1-10(16)14-7-12(8-14)5-13(6-12)4-11(9-15)2-3-11;1-2;/h15H,2-9H2,1H3;1-2H3;1H4. The van der Waals surface area contributed by atoms with Crippen LogP contribution in [0.25, 0.3) is 0 Å². The van der Waals surface area contributed by atoms with E-state index in [1.807, 2.05) is 18.7 Å². The number of hydrogen-bond acceptors (Lipinski definition) is 3. The number of aliphatic hydroxyl groups is 1. The van der Waals surface area contributed by atoms with Crippen molar-refractivity contribution in [2.45, 2.75) is 41.0 Å². The molecule has 3 aliphatic rings. The first-order valence-electron chi connectivity index (χ1n) is 7.15. The van der Waals surface area contributed by atoms with Gasteiger partial charge in [-0.25, -0.2) is 0 Å². The minimum atomic E-state index is 0. The molecule has 0 unspecified atom stereocenters. The van der Waals surface area contributed by atoms with Gasteiger partial charge in [0.2, 0.25) is 5.91 Å². The Morgan fingerprint density at radius 2 is 1.68 bits per heavy atom. The summed E-state index contributed by atoms with van der Waals surface area (Å²) in [4.78, 5) is 15.5. The Morgan fingerprint density at radius 1 is 1.16 bits per heavy atom. The molecule has 0 radical (unpaired) electrons. The highest BCUT2D eigenvalue weighted by atomic mass is 16.3. The monoisotopic (exact) mass is 270 g/mol. The van der Waals surface area contributed by atoms with Crippen LogP contribution < -0.4 is 0 Å². The van der Waals surface area contributed by atoms with Crippen molar-refractivity contribution in [1.29, 1.82) is 0 Å². The molecule has 0 bridgehead atoms. The smallest absolute Gasteiger partial charge is 0.219 e. The molecule has 0 aromatic heterocycles. The molecule has 0 aromatic rings. The van der Waals surface area contributed by atoms with E-state index in [1.165, 1.54) is 12.8 Å². The first-order valence-corrected chi connectivity index (χ1v) is 7.15. The fourth-order valence-electron chi connectivity index (χ4n) is 3.22. The number of rotatable bonds is 3. The van der Waals surface area contributed by atoms with Crippen LogP contribution in [0, 0.1) is 10.8 Å². The number of amides is 1. The summed E-state index contributed by atoms with van der Waals surface area (Å²) >= 11 is 0. The molecule has 2 saturated heterocycles. The molecule has 2 heterocycles. The molecule has 1 amide bonds. The lowest BCUT2D eigenvalue weighted by Gasteiger charge is -2.60. The third-order valence-corrected chi connectivity index (χ3v) is 4.47. The van der Waals surface area contributed by atoms with E-state index in [9.17, 15) is 9.90 Å². The van der Waals surface area contributed by atoms with Gasteiger partial charge in [0.15, 0.2) is 0 Å². The summed E-state index contributed by atoms with van der Waals surface area (Å²) in [5, 5.41) is 9.26. The largest absolute Gasteiger partial charge is 0.396 e. The van der Waals surface area contributed by atoms with E-state index in [-0.39, 0.29) is 18.7 Å². The second-order valence-electron chi connectivity index (χ2n) is 6.18. The maximum absolute atomic E-state index is 11.1. The molecule has 1 spiro atoms. The molecule has 1 aliphatic carbocycles. The van der Waals surface area contributed by atoms with Crippen molar-refractivity contribution < 1.29 is 9.90 Å². The van der Waals surface area contributed by atoms with Gasteiger partial charge in [0.1, 0.15) is 0 Å². The van der Waals surface area contributed by atoms with Gasteiger partial charge >= 0.3 is 0 Å². The summed E-state index contributed by atoms with van der Waals surface area (Å²) in [7, 11) is 0. The van der Waals surface area contributed by atoms with Gasteiger partial charge in [0.25, 0.3) is 0 Å². The van der Waals surface area contributed by atoms with E-state index < -0.39 is 0 Å². The normalized spacial score (nSPS) is 25.4. The minimum Gasteiger partial charge on any atom is -0.396 e. The zero-order chi connectivity index (χ0) is 13.4. The van der Waals surface area contributed by atoms with E-state index >= 15 is 0 Å². The Morgan fingerprint density at radius 3 is 2.05 bits per heavy atom. The van der Waals surface area contributed by atoms with Gasteiger partial charge in [0.05, 0.1) is 0 Å². The summed E-state index contributed by atoms with van der Waals surface area (Å²) in [6.45, 7) is 11.2. The number of likely N-dealkylation sites (tertiary alicyclic amines) is 2. The molecule has 2 aliphatic heterocycles. The van der Waals surface area contributed by atoms with Crippen LogP contribution in [0.2, 0.25) is 0 Å². The summed E-state index contributed by atoms with van der Waals surface area (Å²) in [6.07, 6.45) is 2.37. The molecule has 0 atom stereocenters. The van der Waals surface area contributed by atoms with Crippen molar-refractivity contribution in [1.82, 2.24) is 9.80 Å². The number of aliphatic hydroxyl groups excluding tert-OH is 1. The molecule has 1 N–H and O–H groups in total. The van der Waals surface area contributed by atoms with Crippen LogP contribution in [0.4, 0.5) is 0 Å². The van der Waals surface area contributed by atoms with Gasteiger partial charge in [-0.2, -0.15) is 0 Å². The maximum Gasteiger partial charge on any atom is 0.219 e. The highest BCUT2D eigenvalue weighted by Gasteiger charge is 2.55. The molecule has 0 aromatic carbocycles. The van der Waals surface area contributed by atoms with Crippen molar-refractivity contribution in [3.8, 4) is 0 Å². The van der Waals surface area contributed by atoms with E-state index in [1.54, 1.807) is 6.92 Å². The van der Waals surface area contributed by atoms with Crippen LogP contribution in [-0.2, 0) is 4.79 Å². The average molecular weight is 270 g/mol. The minimum absolute atomic E-state index is 0. The van der Waals surface area contributed by atoms with E-state index in [4.69, 9.17) is 0 Å². The lowest BCUT2D eigenvalue weighted by atomic mass is 9.72. The second kappa shape index (κ2) is 5.80. The van der Waals surface area contributed by atoms with Crippen LogP contribution in [0.15, 0.2) is 0 Å². The van der Waals surface area contributed by atoms with E-state index in [2.05, 4.69) is 4.90 Å². The van der Waals surface area contributed by atoms with Crippen LogP contribution in [0.1, 0.15) is 41.0 Å². The highest BCUT2D eigenvalue weighted by Crippen LogP contribution is 2.49. The molecule has 4 heteroatoms. The maximum atomic E-state index is 11.1. The highest BCUT2D eigenvalue weighted by molar-refractivity contribution is 5.74. The topological polar surface area (TPSA) is 43.8 Å². The van der Waals surface area contributed by atoms with Crippen molar-refractivity contribution in [2.24, 2.45) is 10.8 Å². The van der Waals surface area contributed by atoms with Crippen LogP contribution in [0.5, 0.6) is 0 Å². The molecule has 4 nitrogen and oxygen atoms in total. The first-order chi connectivity index (χ1) is 8.56. The van der Waals surface area contributed by atoms with Crippen molar-refractivity contribution in [2.75, 3.05) is 39.3 Å². The van der Waals surface area contributed by atoms with Gasteiger partial charge in [-0.05, 0) is 12.8 Å². The third-order valence-electron chi connectivity index (χ3n) is 4.47. The molecule has 1 saturated carbocycles. The van der Waals surface area contributed by atoms with Crippen molar-refractivity contribution in [3.05, 3.63) is 0 Å². The Kier molecular flexibility index (Phi) is 5.02. The second-order valence-corrected chi connectivity index (χ2v) is 6.18. The zero-order valence-electron chi connectivity index (χ0n) is 11.9. The third kappa shape index (κ3) is 3.11. The van der Waals surface area contributed by atoms with Gasteiger partial charge in [-0.15, -0.1) is 0 Å². The molecular formula is C15H30N2O2. The summed E-state index contributed by atoms with van der Waals surface area (Å²) in [6, 6.07) is 0. The van der Waals surface area contributed by atoms with Crippen LogP contribution >= 0.6 is 0 Å². The number of carbonyl (C=O) groups excluding carboxylic acids is 1. The molecule has 19 heavy (non-hydrogen) atoms. The lowest BCUT2D eigenvalue weighted by molar-refractivity contribution is -0.158. The Balaban J connectivity index is 0.000000576. The van der Waals surface area contributed by atoms with Crippen LogP contribution in [0.3, 0.4) is 0 Å². The number of carbonyl (C=O) groups is 1. The SMILES string of the molecule is C.CC.CC(=O)N1CC2(CN(CC3(CO)CC3)C2)C1. The fraction of sp³-hybridized carbons (Fsp3) is 0.933. The molecule has 112 valence electrons. The summed E-state index contributed by atoms with van der Waals surface area (Å²) in [5.74, 6) is 0.207. The Bertz CT molecular complexity index is 312.